The summed E-state index contributed by atoms with van der Waals surface area (Å²) in [6.45, 7) is 7.61. The van der Waals surface area contributed by atoms with Crippen LogP contribution in [0, 0.1) is 0 Å². The van der Waals surface area contributed by atoms with Gasteiger partial charge >= 0.3 is 11.9 Å². The van der Waals surface area contributed by atoms with E-state index in [2.05, 4.69) is 81.5 Å². The first kappa shape index (κ1) is 53.6. The van der Waals surface area contributed by atoms with Gasteiger partial charge < -0.3 is 14.2 Å². The smallest absolute Gasteiger partial charge is 0.306 e. The molecule has 0 saturated carbocycles. The molecule has 0 heterocycles. The van der Waals surface area contributed by atoms with Crippen molar-refractivity contribution >= 4 is 11.9 Å². The molecule has 5 heteroatoms. The Balaban J connectivity index is 4.06. The molecule has 0 aromatic heterocycles. The fourth-order valence-corrected chi connectivity index (χ4v) is 6.49. The first-order valence-electron chi connectivity index (χ1n) is 23.8. The lowest BCUT2D eigenvalue weighted by Crippen LogP contribution is -2.30. The average Bonchev–Trinajstić information content (AvgIpc) is 3.20. The maximum atomic E-state index is 12.6. The minimum atomic E-state index is -0.540. The largest absolute Gasteiger partial charge is 0.462 e. The second-order valence-electron chi connectivity index (χ2n) is 15.6. The normalized spacial score (nSPS) is 12.7. The van der Waals surface area contributed by atoms with Crippen molar-refractivity contribution in [2.45, 2.75) is 232 Å². The van der Waals surface area contributed by atoms with E-state index in [1.807, 2.05) is 0 Å². The number of ether oxygens (including phenoxy) is 3. The van der Waals surface area contributed by atoms with Crippen molar-refractivity contribution in [1.29, 1.82) is 0 Å². The van der Waals surface area contributed by atoms with Gasteiger partial charge in [0, 0.05) is 19.4 Å². The third-order valence-corrected chi connectivity index (χ3v) is 10.0. The van der Waals surface area contributed by atoms with E-state index < -0.39 is 6.10 Å². The fraction of sp³-hybridized carbons (Fsp3) is 0.765. The van der Waals surface area contributed by atoms with E-state index in [4.69, 9.17) is 14.2 Å². The molecular formula is C51H90O5. The lowest BCUT2D eigenvalue weighted by molar-refractivity contribution is -0.163. The van der Waals surface area contributed by atoms with Gasteiger partial charge in [-0.3, -0.25) is 9.59 Å². The molecule has 324 valence electrons. The van der Waals surface area contributed by atoms with Crippen LogP contribution in [0.1, 0.15) is 226 Å². The Hall–Kier alpha value is -2.40. The quantitative estimate of drug-likeness (QED) is 0.0350. The third kappa shape index (κ3) is 44.3. The number of rotatable bonds is 43. The molecule has 0 rings (SSSR count). The molecular weight excluding hydrogens is 693 g/mol. The number of esters is 2. The van der Waals surface area contributed by atoms with Crippen molar-refractivity contribution in [3.05, 3.63) is 60.8 Å². The summed E-state index contributed by atoms with van der Waals surface area (Å²) < 4.78 is 17.2. The van der Waals surface area contributed by atoms with Crippen molar-refractivity contribution < 1.29 is 23.8 Å². The van der Waals surface area contributed by atoms with E-state index in [1.165, 1.54) is 109 Å². The van der Waals surface area contributed by atoms with Crippen molar-refractivity contribution in [3.63, 3.8) is 0 Å². The molecule has 0 aromatic rings. The van der Waals surface area contributed by atoms with Crippen LogP contribution in [0.2, 0.25) is 0 Å². The van der Waals surface area contributed by atoms with Gasteiger partial charge in [0.2, 0.25) is 0 Å². The molecule has 0 radical (unpaired) electrons. The molecule has 56 heavy (non-hydrogen) atoms. The van der Waals surface area contributed by atoms with Gasteiger partial charge in [0.05, 0.1) is 6.61 Å². The fourth-order valence-electron chi connectivity index (χ4n) is 6.49. The first-order valence-corrected chi connectivity index (χ1v) is 23.8. The van der Waals surface area contributed by atoms with Crippen LogP contribution < -0.4 is 0 Å². The van der Waals surface area contributed by atoms with Gasteiger partial charge in [0.25, 0.3) is 0 Å². The lowest BCUT2D eigenvalue weighted by atomic mass is 10.1. The summed E-state index contributed by atoms with van der Waals surface area (Å²) in [6, 6.07) is 0. The van der Waals surface area contributed by atoms with Crippen LogP contribution in [-0.2, 0) is 23.8 Å². The zero-order valence-corrected chi connectivity index (χ0v) is 37.1. The molecule has 0 aromatic carbocycles. The summed E-state index contributed by atoms with van der Waals surface area (Å²) in [5, 5.41) is 0. The second kappa shape index (κ2) is 47.0. The Morgan fingerprint density at radius 3 is 1.30 bits per heavy atom. The van der Waals surface area contributed by atoms with E-state index in [-0.39, 0.29) is 25.2 Å². The molecule has 0 saturated heterocycles. The van der Waals surface area contributed by atoms with Crippen molar-refractivity contribution in [2.75, 3.05) is 19.8 Å². The average molecular weight is 783 g/mol. The van der Waals surface area contributed by atoms with Crippen LogP contribution >= 0.6 is 0 Å². The van der Waals surface area contributed by atoms with Gasteiger partial charge in [0.1, 0.15) is 6.61 Å². The van der Waals surface area contributed by atoms with Crippen LogP contribution in [-0.4, -0.2) is 37.9 Å². The second-order valence-corrected chi connectivity index (χ2v) is 15.6. The topological polar surface area (TPSA) is 61.8 Å². The minimum Gasteiger partial charge on any atom is -0.462 e. The number of carbonyl (C=O) groups is 2. The number of hydrogen-bond acceptors (Lipinski definition) is 5. The number of unbranched alkanes of at least 4 members (excludes halogenated alkanes) is 22. The molecule has 0 spiro atoms. The maximum absolute atomic E-state index is 12.6. The molecule has 0 aliphatic carbocycles. The summed E-state index contributed by atoms with van der Waals surface area (Å²) in [7, 11) is 0. The number of allylic oxidation sites excluding steroid dienone is 10. The number of carbonyl (C=O) groups excluding carboxylic acids is 2. The Kier molecular flexibility index (Phi) is 45.0. The van der Waals surface area contributed by atoms with Crippen LogP contribution in [0.5, 0.6) is 0 Å². The molecule has 0 fully saturated rings. The monoisotopic (exact) mass is 783 g/mol. The molecule has 0 aliphatic rings. The predicted molar refractivity (Wildman–Crippen MR) is 242 cm³/mol. The maximum Gasteiger partial charge on any atom is 0.306 e. The highest BCUT2D eigenvalue weighted by Gasteiger charge is 2.17. The highest BCUT2D eigenvalue weighted by Crippen LogP contribution is 2.13. The van der Waals surface area contributed by atoms with E-state index in [9.17, 15) is 9.59 Å². The summed E-state index contributed by atoms with van der Waals surface area (Å²) in [5.41, 5.74) is 0. The SMILES string of the molecule is CC/C=C\C/C=C\C/C=C\C/C=C\CCCCCCCCCOCC(COC(=O)CCCCCCC/C=C\CCCCCCCC)OC(=O)CCCCCCC. The van der Waals surface area contributed by atoms with Gasteiger partial charge in [-0.15, -0.1) is 0 Å². The van der Waals surface area contributed by atoms with Crippen molar-refractivity contribution in [2.24, 2.45) is 0 Å². The zero-order chi connectivity index (χ0) is 40.7. The first-order chi connectivity index (χ1) is 27.6. The molecule has 0 N–H and O–H groups in total. The van der Waals surface area contributed by atoms with Crippen molar-refractivity contribution in [3.8, 4) is 0 Å². The molecule has 5 nitrogen and oxygen atoms in total. The molecule has 0 aliphatic heterocycles. The van der Waals surface area contributed by atoms with Gasteiger partial charge in [0.15, 0.2) is 6.10 Å². The standard InChI is InChI=1S/C51H90O5/c1-4-7-10-13-15-17-19-21-23-24-25-26-27-29-31-33-35-37-40-43-46-54-47-49(56-51(53)45-42-38-12-9-6-3)48-55-50(52)44-41-39-36-34-32-30-28-22-20-18-16-14-11-8-5-2/h7,10,15,17,21-23,25-26,28,49H,4-6,8-9,11-14,16,18-20,24,27,29-48H2,1-3H3/b10-7-,17-15-,23-21-,26-25-,28-22-. The summed E-state index contributed by atoms with van der Waals surface area (Å²) in [6.07, 6.45) is 58.2. The minimum absolute atomic E-state index is 0.0758. The Bertz CT molecular complexity index is 977. The Morgan fingerprint density at radius 1 is 0.411 bits per heavy atom. The van der Waals surface area contributed by atoms with E-state index >= 15 is 0 Å². The van der Waals surface area contributed by atoms with Crippen LogP contribution in [0.25, 0.3) is 0 Å². The lowest BCUT2D eigenvalue weighted by Gasteiger charge is -2.18. The van der Waals surface area contributed by atoms with Gasteiger partial charge in [-0.2, -0.15) is 0 Å². The zero-order valence-electron chi connectivity index (χ0n) is 37.1. The Labute approximate surface area is 347 Å². The summed E-state index contributed by atoms with van der Waals surface area (Å²) in [5.74, 6) is -0.424. The van der Waals surface area contributed by atoms with E-state index in [0.717, 1.165) is 83.5 Å². The Morgan fingerprint density at radius 2 is 0.804 bits per heavy atom. The number of hydrogen-bond donors (Lipinski definition) is 0. The molecule has 1 unspecified atom stereocenters. The van der Waals surface area contributed by atoms with Crippen molar-refractivity contribution in [1.82, 2.24) is 0 Å². The molecule has 1 atom stereocenters. The highest BCUT2D eigenvalue weighted by atomic mass is 16.6. The van der Waals surface area contributed by atoms with E-state index in [1.54, 1.807) is 0 Å². The summed E-state index contributed by atoms with van der Waals surface area (Å²) in [4.78, 5) is 25.0. The van der Waals surface area contributed by atoms with Gasteiger partial charge in [-0.25, -0.2) is 0 Å². The van der Waals surface area contributed by atoms with Crippen LogP contribution in [0.3, 0.4) is 0 Å². The van der Waals surface area contributed by atoms with Gasteiger partial charge in [-0.1, -0.05) is 191 Å². The third-order valence-electron chi connectivity index (χ3n) is 10.0. The summed E-state index contributed by atoms with van der Waals surface area (Å²) >= 11 is 0. The predicted octanol–water partition coefficient (Wildman–Crippen LogP) is 15.8. The molecule has 0 amide bonds. The van der Waals surface area contributed by atoms with Crippen LogP contribution in [0.4, 0.5) is 0 Å². The highest BCUT2D eigenvalue weighted by molar-refractivity contribution is 5.70. The van der Waals surface area contributed by atoms with E-state index in [0.29, 0.717) is 19.4 Å². The van der Waals surface area contributed by atoms with Gasteiger partial charge in [-0.05, 0) is 83.5 Å². The van der Waals surface area contributed by atoms with Crippen LogP contribution in [0.15, 0.2) is 60.8 Å². The molecule has 0 bridgehead atoms.